The van der Waals surface area contributed by atoms with Crippen LogP contribution in [0.5, 0.6) is 0 Å². The summed E-state index contributed by atoms with van der Waals surface area (Å²) < 4.78 is 77.2. The fourth-order valence-corrected chi connectivity index (χ4v) is 3.24. The van der Waals surface area contributed by atoms with E-state index in [0.717, 1.165) is 18.2 Å². The number of allylic oxidation sites excluding steroid dienone is 1. The van der Waals surface area contributed by atoms with Crippen molar-refractivity contribution in [3.05, 3.63) is 74.8 Å². The summed E-state index contributed by atoms with van der Waals surface area (Å²) in [6.45, 7) is -0.0137. The Hall–Kier alpha value is -2.19. The third-order valence-corrected chi connectivity index (χ3v) is 4.46. The molecule has 30 heavy (non-hydrogen) atoms. The summed E-state index contributed by atoms with van der Waals surface area (Å²) in [4.78, 5) is 11.9. The van der Waals surface area contributed by atoms with Crippen LogP contribution in [-0.2, 0) is 0 Å². The van der Waals surface area contributed by atoms with Gasteiger partial charge in [-0.1, -0.05) is 47.5 Å². The van der Waals surface area contributed by atoms with Crippen molar-refractivity contribution >= 4 is 35.2 Å². The molecule has 0 aliphatic rings. The van der Waals surface area contributed by atoms with Gasteiger partial charge in [0.25, 0.3) is 5.91 Å². The standard InChI is InChI=1S/C20H15Cl2F6NO/c1-11-6-12(2-4-16(11)18(30)29-10-19(23,24)25)3-5-17(20(26,27)28)13-7-14(21)9-15(22)8-13/h2-9,17H,10H2,1H3,(H,29,30). The first-order chi connectivity index (χ1) is 13.8. The molecular weight excluding hydrogens is 455 g/mol. The average molecular weight is 470 g/mol. The molecule has 2 aromatic rings. The monoisotopic (exact) mass is 469 g/mol. The first-order valence-electron chi connectivity index (χ1n) is 8.43. The van der Waals surface area contributed by atoms with Crippen molar-refractivity contribution in [2.75, 3.05) is 6.54 Å². The minimum Gasteiger partial charge on any atom is -0.343 e. The molecule has 0 aromatic heterocycles. The Kier molecular flexibility index (Phi) is 7.47. The molecule has 0 spiro atoms. The number of nitrogens with one attached hydrogen (secondary N) is 1. The number of benzene rings is 2. The normalized spacial score (nSPS) is 13.5. The molecule has 1 N–H and O–H groups in total. The molecule has 2 nitrogen and oxygen atoms in total. The molecule has 1 unspecified atom stereocenters. The fourth-order valence-electron chi connectivity index (χ4n) is 2.69. The number of alkyl halides is 6. The summed E-state index contributed by atoms with van der Waals surface area (Å²) in [5.41, 5.74) is 0.495. The third-order valence-electron chi connectivity index (χ3n) is 4.02. The Morgan fingerprint density at radius 1 is 1.03 bits per heavy atom. The van der Waals surface area contributed by atoms with E-state index in [1.807, 2.05) is 0 Å². The second-order valence-electron chi connectivity index (χ2n) is 6.45. The molecule has 162 valence electrons. The van der Waals surface area contributed by atoms with Crippen LogP contribution in [0.4, 0.5) is 26.3 Å². The van der Waals surface area contributed by atoms with E-state index in [4.69, 9.17) is 23.2 Å². The molecule has 0 bridgehead atoms. The number of carbonyl (C=O) groups is 1. The molecule has 2 rings (SSSR count). The number of aryl methyl sites for hydroxylation is 1. The Labute approximate surface area is 178 Å². The summed E-state index contributed by atoms with van der Waals surface area (Å²) in [7, 11) is 0. The van der Waals surface area contributed by atoms with Crippen molar-refractivity contribution in [2.45, 2.75) is 25.2 Å². The van der Waals surface area contributed by atoms with Crippen molar-refractivity contribution in [1.82, 2.24) is 5.32 Å². The molecule has 0 aliphatic carbocycles. The van der Waals surface area contributed by atoms with Crippen LogP contribution < -0.4 is 5.32 Å². The van der Waals surface area contributed by atoms with E-state index in [1.165, 1.54) is 37.3 Å². The largest absolute Gasteiger partial charge is 0.405 e. The molecule has 0 aliphatic heterocycles. The van der Waals surface area contributed by atoms with Crippen molar-refractivity contribution in [3.63, 3.8) is 0 Å². The van der Waals surface area contributed by atoms with Crippen LogP contribution in [0, 0.1) is 6.92 Å². The molecule has 1 atom stereocenters. The number of amides is 1. The molecule has 2 aromatic carbocycles. The van der Waals surface area contributed by atoms with Gasteiger partial charge in [-0.25, -0.2) is 0 Å². The van der Waals surface area contributed by atoms with Gasteiger partial charge in [-0.15, -0.1) is 0 Å². The molecule has 10 heteroatoms. The van der Waals surface area contributed by atoms with E-state index in [0.29, 0.717) is 11.1 Å². The fraction of sp³-hybridized carbons (Fsp3) is 0.250. The molecule has 1 amide bonds. The molecule has 0 fully saturated rings. The summed E-state index contributed by atoms with van der Waals surface area (Å²) in [6.07, 6.45) is -7.05. The Bertz CT molecular complexity index is 933. The maximum Gasteiger partial charge on any atom is 0.405 e. The quantitative estimate of drug-likeness (QED) is 0.471. The number of hydrogen-bond acceptors (Lipinski definition) is 1. The van der Waals surface area contributed by atoms with Gasteiger partial charge >= 0.3 is 12.4 Å². The Morgan fingerprint density at radius 2 is 1.63 bits per heavy atom. The first kappa shape index (κ1) is 24.1. The summed E-state index contributed by atoms with van der Waals surface area (Å²) >= 11 is 11.6. The van der Waals surface area contributed by atoms with Crippen molar-refractivity contribution in [3.8, 4) is 0 Å². The highest BCUT2D eigenvalue weighted by molar-refractivity contribution is 6.34. The van der Waals surface area contributed by atoms with Gasteiger partial charge in [0.05, 0.1) is 5.92 Å². The van der Waals surface area contributed by atoms with Crippen LogP contribution in [0.1, 0.15) is 33.0 Å². The van der Waals surface area contributed by atoms with Crippen LogP contribution in [-0.4, -0.2) is 24.8 Å². The predicted octanol–water partition coefficient (Wildman–Crippen LogP) is 6.95. The van der Waals surface area contributed by atoms with Gasteiger partial charge in [0.2, 0.25) is 0 Å². The number of rotatable bonds is 5. The van der Waals surface area contributed by atoms with Crippen LogP contribution in [0.3, 0.4) is 0 Å². The van der Waals surface area contributed by atoms with Gasteiger partial charge in [0, 0.05) is 15.6 Å². The van der Waals surface area contributed by atoms with E-state index in [1.54, 1.807) is 5.32 Å². The smallest absolute Gasteiger partial charge is 0.343 e. The topological polar surface area (TPSA) is 29.1 Å². The van der Waals surface area contributed by atoms with Crippen molar-refractivity contribution in [1.29, 1.82) is 0 Å². The van der Waals surface area contributed by atoms with Crippen LogP contribution in [0.15, 0.2) is 42.5 Å². The number of hydrogen-bond donors (Lipinski definition) is 1. The summed E-state index contributed by atoms with van der Waals surface area (Å²) in [5, 5.41) is 1.87. The third kappa shape index (κ3) is 6.95. The Balaban J connectivity index is 2.26. The van der Waals surface area contributed by atoms with Crippen LogP contribution >= 0.6 is 23.2 Å². The van der Waals surface area contributed by atoms with Gasteiger partial charge in [-0.05, 0) is 47.9 Å². The minimum absolute atomic E-state index is 0.00889. The molecular formula is C20H15Cl2F6NO. The lowest BCUT2D eigenvalue weighted by molar-refractivity contribution is -0.139. The lowest BCUT2D eigenvalue weighted by Gasteiger charge is -2.18. The average Bonchev–Trinajstić information content (AvgIpc) is 2.57. The lowest BCUT2D eigenvalue weighted by Crippen LogP contribution is -2.34. The molecule has 0 saturated carbocycles. The zero-order valence-electron chi connectivity index (χ0n) is 15.3. The second kappa shape index (κ2) is 9.31. The first-order valence-corrected chi connectivity index (χ1v) is 9.18. The number of carbonyl (C=O) groups excluding carboxylic acids is 1. The highest BCUT2D eigenvalue weighted by Gasteiger charge is 2.39. The van der Waals surface area contributed by atoms with Gasteiger partial charge in [-0.2, -0.15) is 26.3 Å². The minimum atomic E-state index is -4.61. The highest BCUT2D eigenvalue weighted by atomic mass is 35.5. The molecule has 0 heterocycles. The maximum atomic E-state index is 13.5. The maximum absolute atomic E-state index is 13.5. The number of halogens is 8. The SMILES string of the molecule is Cc1cc(C=CC(c2cc(Cl)cc(Cl)c2)C(F)(F)F)ccc1C(=O)NCC(F)(F)F. The van der Waals surface area contributed by atoms with Crippen molar-refractivity contribution < 1.29 is 31.1 Å². The van der Waals surface area contributed by atoms with E-state index in [9.17, 15) is 31.1 Å². The van der Waals surface area contributed by atoms with Gasteiger partial charge < -0.3 is 5.32 Å². The predicted molar refractivity (Wildman–Crippen MR) is 104 cm³/mol. The van der Waals surface area contributed by atoms with Gasteiger partial charge in [0.15, 0.2) is 0 Å². The zero-order chi connectivity index (χ0) is 22.7. The van der Waals surface area contributed by atoms with E-state index >= 15 is 0 Å². The van der Waals surface area contributed by atoms with Gasteiger partial charge in [-0.3, -0.25) is 4.79 Å². The highest BCUT2D eigenvalue weighted by Crippen LogP contribution is 2.38. The van der Waals surface area contributed by atoms with Crippen LogP contribution in [0.25, 0.3) is 6.08 Å². The van der Waals surface area contributed by atoms with Crippen molar-refractivity contribution in [2.24, 2.45) is 0 Å². The van der Waals surface area contributed by atoms with Crippen LogP contribution in [0.2, 0.25) is 10.0 Å². The summed E-state index contributed by atoms with van der Waals surface area (Å²) in [5.74, 6) is -2.91. The summed E-state index contributed by atoms with van der Waals surface area (Å²) in [6, 6.07) is 7.63. The lowest BCUT2D eigenvalue weighted by atomic mass is 9.96. The molecule has 0 radical (unpaired) electrons. The molecule has 0 saturated heterocycles. The van der Waals surface area contributed by atoms with Gasteiger partial charge in [0.1, 0.15) is 6.54 Å². The Morgan fingerprint density at radius 3 is 2.13 bits per heavy atom. The zero-order valence-corrected chi connectivity index (χ0v) is 16.8. The second-order valence-corrected chi connectivity index (χ2v) is 7.33. The van der Waals surface area contributed by atoms with E-state index in [-0.39, 0.29) is 21.2 Å². The van der Waals surface area contributed by atoms with E-state index in [2.05, 4.69) is 0 Å². The van der Waals surface area contributed by atoms with E-state index < -0.39 is 30.7 Å².